The lowest BCUT2D eigenvalue weighted by Gasteiger charge is -2.29. The van der Waals surface area contributed by atoms with Gasteiger partial charge in [0.2, 0.25) is 11.8 Å². The molecular weight excluding hydrogens is 242 g/mol. The van der Waals surface area contributed by atoms with Gasteiger partial charge in [0.25, 0.3) is 0 Å². The molecule has 1 aromatic rings. The van der Waals surface area contributed by atoms with Crippen molar-refractivity contribution in [3.63, 3.8) is 0 Å². The number of nitrogens with one attached hydrogen (secondary N) is 1. The van der Waals surface area contributed by atoms with Gasteiger partial charge in [0.1, 0.15) is 6.54 Å². The van der Waals surface area contributed by atoms with Crippen molar-refractivity contribution in [1.29, 1.82) is 0 Å². The zero-order chi connectivity index (χ0) is 13.5. The fraction of sp³-hybridized carbons (Fsp3) is 0.429. The highest BCUT2D eigenvalue weighted by Gasteiger charge is 2.39. The SMILES string of the molecule is NC1(Cc2ccccc2N2CC(=O)NCC2=O)CC1. The van der Waals surface area contributed by atoms with Gasteiger partial charge in [-0.1, -0.05) is 18.2 Å². The third-order valence-corrected chi connectivity index (χ3v) is 3.76. The molecule has 0 spiro atoms. The van der Waals surface area contributed by atoms with Crippen molar-refractivity contribution in [2.45, 2.75) is 24.8 Å². The number of anilines is 1. The summed E-state index contributed by atoms with van der Waals surface area (Å²) >= 11 is 0. The maximum atomic E-state index is 12.0. The molecule has 2 aliphatic rings. The second-order valence-electron chi connectivity index (χ2n) is 5.42. The Morgan fingerprint density at radius 1 is 1.26 bits per heavy atom. The first-order valence-electron chi connectivity index (χ1n) is 6.51. The molecule has 0 unspecified atom stereocenters. The van der Waals surface area contributed by atoms with E-state index in [1.165, 1.54) is 0 Å². The predicted octanol–water partition coefficient (Wildman–Crippen LogP) is 0.183. The van der Waals surface area contributed by atoms with Gasteiger partial charge in [-0.2, -0.15) is 0 Å². The number of carbonyl (C=O) groups is 2. The van der Waals surface area contributed by atoms with Crippen LogP contribution in [0, 0.1) is 0 Å². The fourth-order valence-electron chi connectivity index (χ4n) is 2.42. The Morgan fingerprint density at radius 2 is 2.00 bits per heavy atom. The Bertz CT molecular complexity index is 537. The van der Waals surface area contributed by atoms with E-state index in [1.807, 2.05) is 24.3 Å². The van der Waals surface area contributed by atoms with E-state index in [4.69, 9.17) is 5.73 Å². The van der Waals surface area contributed by atoms with E-state index in [9.17, 15) is 9.59 Å². The van der Waals surface area contributed by atoms with Crippen LogP contribution in [0.1, 0.15) is 18.4 Å². The summed E-state index contributed by atoms with van der Waals surface area (Å²) in [4.78, 5) is 25.0. The van der Waals surface area contributed by atoms with E-state index in [0.29, 0.717) is 0 Å². The molecule has 0 aromatic heterocycles. The van der Waals surface area contributed by atoms with Crippen molar-refractivity contribution in [1.82, 2.24) is 5.32 Å². The summed E-state index contributed by atoms with van der Waals surface area (Å²) in [6.45, 7) is 0.161. The summed E-state index contributed by atoms with van der Waals surface area (Å²) in [5.74, 6) is -0.197. The average molecular weight is 259 g/mol. The summed E-state index contributed by atoms with van der Waals surface area (Å²) in [7, 11) is 0. The second-order valence-corrected chi connectivity index (χ2v) is 5.42. The molecule has 2 fully saturated rings. The zero-order valence-electron chi connectivity index (χ0n) is 10.7. The van der Waals surface area contributed by atoms with Crippen LogP contribution >= 0.6 is 0 Å². The second kappa shape index (κ2) is 4.35. The first-order valence-corrected chi connectivity index (χ1v) is 6.51. The first-order chi connectivity index (χ1) is 9.07. The lowest BCUT2D eigenvalue weighted by molar-refractivity contribution is -0.128. The number of amides is 2. The number of para-hydroxylation sites is 1. The topological polar surface area (TPSA) is 75.4 Å². The zero-order valence-corrected chi connectivity index (χ0v) is 10.7. The summed E-state index contributed by atoms with van der Waals surface area (Å²) in [6.07, 6.45) is 2.81. The molecule has 1 aliphatic heterocycles. The van der Waals surface area contributed by atoms with Crippen LogP contribution in [0.15, 0.2) is 24.3 Å². The van der Waals surface area contributed by atoms with Gasteiger partial charge >= 0.3 is 0 Å². The number of benzene rings is 1. The van der Waals surface area contributed by atoms with Gasteiger partial charge < -0.3 is 16.0 Å². The van der Waals surface area contributed by atoms with Crippen LogP contribution in [0.3, 0.4) is 0 Å². The highest BCUT2D eigenvalue weighted by molar-refractivity contribution is 6.04. The molecule has 1 aromatic carbocycles. The van der Waals surface area contributed by atoms with Gasteiger partial charge in [-0.3, -0.25) is 9.59 Å². The van der Waals surface area contributed by atoms with Crippen molar-refractivity contribution in [2.75, 3.05) is 18.0 Å². The number of piperazine rings is 1. The lowest BCUT2D eigenvalue weighted by atomic mass is 10.0. The van der Waals surface area contributed by atoms with Crippen LogP contribution in [-0.2, 0) is 16.0 Å². The number of carbonyl (C=O) groups excluding carboxylic acids is 2. The van der Waals surface area contributed by atoms with Crippen LogP contribution in [-0.4, -0.2) is 30.4 Å². The standard InChI is InChI=1S/C14H17N3O2/c15-14(5-6-14)7-10-3-1-2-4-11(10)17-9-12(18)16-8-13(17)19/h1-4H,5-9,15H2,(H,16,18). The maximum Gasteiger partial charge on any atom is 0.246 e. The molecule has 0 radical (unpaired) electrons. The quantitative estimate of drug-likeness (QED) is 0.813. The fourth-order valence-corrected chi connectivity index (χ4v) is 2.42. The van der Waals surface area contributed by atoms with Crippen LogP contribution in [0.2, 0.25) is 0 Å². The van der Waals surface area contributed by atoms with Crippen molar-refractivity contribution < 1.29 is 9.59 Å². The van der Waals surface area contributed by atoms with E-state index in [1.54, 1.807) is 4.90 Å². The minimum atomic E-state index is -0.122. The largest absolute Gasteiger partial charge is 0.345 e. The van der Waals surface area contributed by atoms with Crippen LogP contribution < -0.4 is 16.0 Å². The van der Waals surface area contributed by atoms with Gasteiger partial charge in [-0.05, 0) is 30.9 Å². The van der Waals surface area contributed by atoms with Crippen molar-refractivity contribution >= 4 is 17.5 Å². The summed E-state index contributed by atoms with van der Waals surface area (Å²) in [5.41, 5.74) is 7.91. The third kappa shape index (κ3) is 2.46. The monoisotopic (exact) mass is 259 g/mol. The third-order valence-electron chi connectivity index (χ3n) is 3.76. The molecule has 2 amide bonds. The molecule has 1 heterocycles. The Kier molecular flexibility index (Phi) is 2.78. The summed E-state index contributed by atoms with van der Waals surface area (Å²) < 4.78 is 0. The van der Waals surface area contributed by atoms with Gasteiger partial charge in [0.15, 0.2) is 0 Å². The minimum Gasteiger partial charge on any atom is -0.345 e. The Morgan fingerprint density at radius 3 is 2.74 bits per heavy atom. The summed E-state index contributed by atoms with van der Waals surface area (Å²) in [5, 5.41) is 2.56. The molecule has 0 atom stereocenters. The van der Waals surface area contributed by atoms with Crippen molar-refractivity contribution in [3.8, 4) is 0 Å². The normalized spacial score (nSPS) is 21.2. The molecule has 100 valence electrons. The number of nitrogens with zero attached hydrogens (tertiary/aromatic N) is 1. The van der Waals surface area contributed by atoms with E-state index in [-0.39, 0.29) is 30.4 Å². The molecule has 5 heteroatoms. The van der Waals surface area contributed by atoms with E-state index in [2.05, 4.69) is 5.32 Å². The number of hydrogen-bond acceptors (Lipinski definition) is 3. The Labute approximate surface area is 111 Å². The van der Waals surface area contributed by atoms with Gasteiger partial charge in [0, 0.05) is 11.2 Å². The number of nitrogens with two attached hydrogens (primary N) is 1. The Hall–Kier alpha value is -1.88. The maximum absolute atomic E-state index is 12.0. The van der Waals surface area contributed by atoms with Crippen molar-refractivity contribution in [2.24, 2.45) is 5.73 Å². The van der Waals surface area contributed by atoms with E-state index < -0.39 is 0 Å². The molecule has 1 saturated heterocycles. The molecular formula is C14H17N3O2. The number of hydrogen-bond donors (Lipinski definition) is 2. The molecule has 0 bridgehead atoms. The average Bonchev–Trinajstić information content (AvgIpc) is 3.11. The predicted molar refractivity (Wildman–Crippen MR) is 71.7 cm³/mol. The minimum absolute atomic E-state index is 0.0704. The van der Waals surface area contributed by atoms with Crippen LogP contribution in [0.4, 0.5) is 5.69 Å². The summed E-state index contributed by atoms with van der Waals surface area (Å²) in [6, 6.07) is 7.70. The smallest absolute Gasteiger partial charge is 0.246 e. The van der Waals surface area contributed by atoms with Gasteiger partial charge in [-0.15, -0.1) is 0 Å². The first kappa shape index (κ1) is 12.2. The van der Waals surface area contributed by atoms with Gasteiger partial charge in [0.05, 0.1) is 6.54 Å². The molecule has 1 aliphatic carbocycles. The van der Waals surface area contributed by atoms with Crippen LogP contribution in [0.5, 0.6) is 0 Å². The molecule has 3 N–H and O–H groups in total. The molecule has 3 rings (SSSR count). The molecule has 1 saturated carbocycles. The molecule has 5 nitrogen and oxygen atoms in total. The van der Waals surface area contributed by atoms with E-state index >= 15 is 0 Å². The highest BCUT2D eigenvalue weighted by Crippen LogP contribution is 2.37. The highest BCUT2D eigenvalue weighted by atomic mass is 16.2. The lowest BCUT2D eigenvalue weighted by Crippen LogP contribution is -2.52. The van der Waals surface area contributed by atoms with Crippen molar-refractivity contribution in [3.05, 3.63) is 29.8 Å². The van der Waals surface area contributed by atoms with E-state index in [0.717, 1.165) is 30.5 Å². The Balaban J connectivity index is 1.90. The van der Waals surface area contributed by atoms with Crippen LogP contribution in [0.25, 0.3) is 0 Å². The molecule has 19 heavy (non-hydrogen) atoms. The number of rotatable bonds is 3. The van der Waals surface area contributed by atoms with Gasteiger partial charge in [-0.25, -0.2) is 0 Å².